The molecule has 0 radical (unpaired) electrons. The van der Waals surface area contributed by atoms with E-state index in [2.05, 4.69) is 20.3 Å². The lowest BCUT2D eigenvalue weighted by atomic mass is 10.1. The maximum Gasteiger partial charge on any atom is 0.251 e. The summed E-state index contributed by atoms with van der Waals surface area (Å²) in [6.07, 6.45) is 4.54. The number of fused-ring (bicyclic) bond motifs is 1. The van der Waals surface area contributed by atoms with Crippen LogP contribution < -0.4 is 10.6 Å². The summed E-state index contributed by atoms with van der Waals surface area (Å²) < 4.78 is 2.06. The molecule has 0 fully saturated rings. The molecule has 6 heteroatoms. The number of carbonyl (C=O) groups excluding carboxylic acids is 1. The van der Waals surface area contributed by atoms with Gasteiger partial charge in [0.05, 0.1) is 18.8 Å². The van der Waals surface area contributed by atoms with Gasteiger partial charge >= 0.3 is 0 Å². The molecule has 3 heterocycles. The molecule has 0 unspecified atom stereocenters. The summed E-state index contributed by atoms with van der Waals surface area (Å²) in [4.78, 5) is 16.4. The fraction of sp³-hybridized carbons (Fsp3) is 0.250. The third-order valence-corrected chi connectivity index (χ3v) is 4.62. The van der Waals surface area contributed by atoms with Crippen molar-refractivity contribution in [3.63, 3.8) is 0 Å². The molecule has 0 aliphatic carbocycles. The van der Waals surface area contributed by atoms with Gasteiger partial charge in [0.1, 0.15) is 0 Å². The van der Waals surface area contributed by atoms with Gasteiger partial charge in [-0.3, -0.25) is 14.5 Å². The van der Waals surface area contributed by atoms with E-state index >= 15 is 0 Å². The van der Waals surface area contributed by atoms with Crippen LogP contribution in [0.4, 0.5) is 0 Å². The molecule has 0 saturated carbocycles. The molecule has 0 bridgehead atoms. The molecule has 1 aliphatic rings. The van der Waals surface area contributed by atoms with Crippen molar-refractivity contribution in [2.75, 3.05) is 6.54 Å². The molecule has 3 aromatic rings. The van der Waals surface area contributed by atoms with Gasteiger partial charge in [-0.05, 0) is 29.8 Å². The van der Waals surface area contributed by atoms with Gasteiger partial charge in [-0.1, -0.05) is 18.2 Å². The van der Waals surface area contributed by atoms with Crippen LogP contribution in [0.5, 0.6) is 0 Å². The first-order valence-corrected chi connectivity index (χ1v) is 8.81. The quantitative estimate of drug-likeness (QED) is 0.739. The molecule has 1 aromatic carbocycles. The van der Waals surface area contributed by atoms with Gasteiger partial charge in [-0.25, -0.2) is 0 Å². The largest absolute Gasteiger partial charge is 0.346 e. The topological polar surface area (TPSA) is 71.8 Å². The Hall–Kier alpha value is -2.99. The van der Waals surface area contributed by atoms with Crippen LogP contribution in [0.3, 0.4) is 0 Å². The van der Waals surface area contributed by atoms with Crippen molar-refractivity contribution in [2.24, 2.45) is 0 Å². The maximum absolute atomic E-state index is 12.3. The van der Waals surface area contributed by atoms with E-state index in [4.69, 9.17) is 5.10 Å². The van der Waals surface area contributed by atoms with Crippen LogP contribution in [-0.2, 0) is 26.1 Å². The zero-order chi connectivity index (χ0) is 17.8. The lowest BCUT2D eigenvalue weighted by Crippen LogP contribution is -2.27. The van der Waals surface area contributed by atoms with Crippen LogP contribution in [0, 0.1) is 0 Å². The monoisotopic (exact) mass is 347 g/mol. The fourth-order valence-corrected chi connectivity index (χ4v) is 3.28. The Labute approximate surface area is 152 Å². The summed E-state index contributed by atoms with van der Waals surface area (Å²) in [6, 6.07) is 13.3. The number of nitrogens with one attached hydrogen (secondary N) is 2. The van der Waals surface area contributed by atoms with Gasteiger partial charge in [0.25, 0.3) is 5.91 Å². The molecule has 0 spiro atoms. The Kier molecular flexibility index (Phi) is 4.75. The zero-order valence-electron chi connectivity index (χ0n) is 14.5. The highest BCUT2D eigenvalue weighted by atomic mass is 16.1. The van der Waals surface area contributed by atoms with E-state index in [0.29, 0.717) is 12.1 Å². The van der Waals surface area contributed by atoms with Crippen LogP contribution in [0.2, 0.25) is 0 Å². The predicted molar refractivity (Wildman–Crippen MR) is 98.6 cm³/mol. The first-order valence-electron chi connectivity index (χ1n) is 8.81. The number of rotatable bonds is 5. The van der Waals surface area contributed by atoms with Crippen molar-refractivity contribution in [1.82, 2.24) is 25.4 Å². The predicted octanol–water partition coefficient (Wildman–Crippen LogP) is 1.90. The van der Waals surface area contributed by atoms with Crippen molar-refractivity contribution < 1.29 is 4.79 Å². The minimum Gasteiger partial charge on any atom is -0.346 e. The second kappa shape index (κ2) is 7.49. The molecule has 4 rings (SSSR count). The Bertz CT molecular complexity index is 889. The number of benzene rings is 1. The maximum atomic E-state index is 12.3. The Morgan fingerprint density at radius 2 is 1.96 bits per heavy atom. The van der Waals surface area contributed by atoms with Crippen molar-refractivity contribution >= 4 is 5.91 Å². The summed E-state index contributed by atoms with van der Waals surface area (Å²) >= 11 is 0. The molecule has 2 N–H and O–H groups in total. The first-order chi connectivity index (χ1) is 12.8. The first kappa shape index (κ1) is 16.5. The molecule has 1 amide bonds. The summed E-state index contributed by atoms with van der Waals surface area (Å²) in [7, 11) is 0. The number of pyridine rings is 1. The van der Waals surface area contributed by atoms with Gasteiger partial charge in [-0.15, -0.1) is 0 Å². The van der Waals surface area contributed by atoms with E-state index in [-0.39, 0.29) is 5.91 Å². The Balaban J connectivity index is 1.53. The standard InChI is InChI=1S/C20H21N5O/c26-20(16-4-2-1-3-5-16)23-13-18-17-12-22-11-8-19(17)25(24-18)14-15-6-9-21-10-7-15/h1-7,9-10,22H,8,11-14H2,(H,23,26). The fourth-order valence-electron chi connectivity index (χ4n) is 3.28. The molecule has 0 saturated heterocycles. The molecule has 0 atom stereocenters. The molecule has 26 heavy (non-hydrogen) atoms. The van der Waals surface area contributed by atoms with Crippen molar-refractivity contribution in [2.45, 2.75) is 26.1 Å². The number of aromatic nitrogens is 3. The zero-order valence-corrected chi connectivity index (χ0v) is 14.5. The minimum absolute atomic E-state index is 0.0770. The summed E-state index contributed by atoms with van der Waals surface area (Å²) in [5.74, 6) is -0.0770. The smallest absolute Gasteiger partial charge is 0.251 e. The SMILES string of the molecule is O=C(NCc1nn(Cc2ccncc2)c2c1CNCC2)c1ccccc1. The number of amides is 1. The summed E-state index contributed by atoms with van der Waals surface area (Å²) in [6.45, 7) is 2.89. The number of hydrogen-bond acceptors (Lipinski definition) is 4. The van der Waals surface area contributed by atoms with Gasteiger partial charge in [0.15, 0.2) is 0 Å². The normalized spacial score (nSPS) is 13.2. The van der Waals surface area contributed by atoms with E-state index in [9.17, 15) is 4.79 Å². The van der Waals surface area contributed by atoms with Gasteiger partial charge in [0.2, 0.25) is 0 Å². The molecular weight excluding hydrogens is 326 g/mol. The number of hydrogen-bond donors (Lipinski definition) is 2. The molecule has 1 aliphatic heterocycles. The average Bonchev–Trinajstić information content (AvgIpc) is 3.05. The highest BCUT2D eigenvalue weighted by Gasteiger charge is 2.21. The third kappa shape index (κ3) is 3.50. The Morgan fingerprint density at radius 3 is 2.77 bits per heavy atom. The number of carbonyl (C=O) groups is 1. The van der Waals surface area contributed by atoms with Crippen molar-refractivity contribution in [3.05, 3.63) is 82.9 Å². The Morgan fingerprint density at radius 1 is 1.15 bits per heavy atom. The molecule has 6 nitrogen and oxygen atoms in total. The van der Waals surface area contributed by atoms with E-state index in [0.717, 1.165) is 31.7 Å². The second-order valence-electron chi connectivity index (χ2n) is 6.36. The summed E-state index contributed by atoms with van der Waals surface area (Å²) in [5.41, 5.74) is 5.23. The highest BCUT2D eigenvalue weighted by molar-refractivity contribution is 5.94. The lowest BCUT2D eigenvalue weighted by molar-refractivity contribution is 0.0950. The van der Waals surface area contributed by atoms with Gasteiger partial charge < -0.3 is 10.6 Å². The van der Waals surface area contributed by atoms with E-state index in [1.807, 2.05) is 42.5 Å². The third-order valence-electron chi connectivity index (χ3n) is 4.62. The van der Waals surface area contributed by atoms with Crippen molar-refractivity contribution in [1.29, 1.82) is 0 Å². The van der Waals surface area contributed by atoms with Gasteiger partial charge in [-0.2, -0.15) is 5.10 Å². The molecule has 132 valence electrons. The number of nitrogens with zero attached hydrogens (tertiary/aromatic N) is 3. The summed E-state index contributed by atoms with van der Waals surface area (Å²) in [5, 5.41) is 11.2. The second-order valence-corrected chi connectivity index (χ2v) is 6.36. The van der Waals surface area contributed by atoms with Crippen LogP contribution in [0.1, 0.15) is 32.9 Å². The van der Waals surface area contributed by atoms with E-state index < -0.39 is 0 Å². The molecule has 2 aromatic heterocycles. The van der Waals surface area contributed by atoms with Crippen LogP contribution in [-0.4, -0.2) is 27.2 Å². The van der Waals surface area contributed by atoms with Crippen molar-refractivity contribution in [3.8, 4) is 0 Å². The minimum atomic E-state index is -0.0770. The van der Waals surface area contributed by atoms with Crippen LogP contribution in [0.25, 0.3) is 0 Å². The lowest BCUT2D eigenvalue weighted by Gasteiger charge is -2.16. The van der Waals surface area contributed by atoms with E-state index in [1.54, 1.807) is 12.4 Å². The highest BCUT2D eigenvalue weighted by Crippen LogP contribution is 2.19. The van der Waals surface area contributed by atoms with E-state index in [1.165, 1.54) is 16.8 Å². The average molecular weight is 347 g/mol. The van der Waals surface area contributed by atoms with Crippen LogP contribution >= 0.6 is 0 Å². The van der Waals surface area contributed by atoms with Gasteiger partial charge in [0, 0.05) is 48.7 Å². The molecular formula is C20H21N5O. The van der Waals surface area contributed by atoms with Crippen LogP contribution in [0.15, 0.2) is 54.9 Å².